The van der Waals surface area contributed by atoms with Crippen molar-refractivity contribution in [1.82, 2.24) is 9.80 Å². The van der Waals surface area contributed by atoms with E-state index in [0.29, 0.717) is 17.2 Å². The number of halogens is 1. The second-order valence-corrected chi connectivity index (χ2v) is 7.73. The van der Waals surface area contributed by atoms with Crippen LogP contribution in [0.1, 0.15) is 41.6 Å². The van der Waals surface area contributed by atoms with E-state index in [-0.39, 0.29) is 17.8 Å². The highest BCUT2D eigenvalue weighted by Gasteiger charge is 2.44. The molecule has 5 heteroatoms. The summed E-state index contributed by atoms with van der Waals surface area (Å²) in [5.41, 5.74) is 1.06. The maximum Gasteiger partial charge on any atom is 0.254 e. The Morgan fingerprint density at radius 3 is 2.68 bits per heavy atom. The van der Waals surface area contributed by atoms with Crippen molar-refractivity contribution < 1.29 is 13.9 Å². The number of ether oxygens (including phenoxy) is 1. The summed E-state index contributed by atoms with van der Waals surface area (Å²) in [5, 5.41) is 0. The number of likely N-dealkylation sites (tertiary alicyclic amines) is 2. The SMILES string of the molecule is Cc1ccc(C(=O)N2CC[C@H]3[C@H]2CCN3CC2CCOCC2)cc1F. The zero-order chi connectivity index (χ0) is 17.4. The van der Waals surface area contributed by atoms with Gasteiger partial charge in [-0.1, -0.05) is 6.07 Å². The lowest BCUT2D eigenvalue weighted by atomic mass is 9.99. The molecule has 4 nitrogen and oxygen atoms in total. The monoisotopic (exact) mass is 346 g/mol. The minimum Gasteiger partial charge on any atom is -0.381 e. The Hall–Kier alpha value is -1.46. The smallest absolute Gasteiger partial charge is 0.254 e. The van der Waals surface area contributed by atoms with Crippen LogP contribution in [0.3, 0.4) is 0 Å². The highest BCUT2D eigenvalue weighted by Crippen LogP contribution is 2.34. The normalized spacial score (nSPS) is 27.7. The molecule has 0 aromatic heterocycles. The van der Waals surface area contributed by atoms with Crippen LogP contribution < -0.4 is 0 Å². The van der Waals surface area contributed by atoms with Gasteiger partial charge < -0.3 is 9.64 Å². The molecule has 3 aliphatic rings. The average molecular weight is 346 g/mol. The molecule has 0 spiro atoms. The fraction of sp³-hybridized carbons (Fsp3) is 0.650. The Bertz CT molecular complexity index is 645. The van der Waals surface area contributed by atoms with Gasteiger partial charge in [0, 0.05) is 50.5 Å². The lowest BCUT2D eigenvalue weighted by molar-refractivity contribution is 0.0502. The van der Waals surface area contributed by atoms with Crippen LogP contribution in [0, 0.1) is 18.7 Å². The van der Waals surface area contributed by atoms with E-state index in [1.54, 1.807) is 19.1 Å². The highest BCUT2D eigenvalue weighted by atomic mass is 19.1. The Morgan fingerprint density at radius 2 is 1.92 bits per heavy atom. The summed E-state index contributed by atoms with van der Waals surface area (Å²) in [5.74, 6) is 0.414. The van der Waals surface area contributed by atoms with E-state index >= 15 is 0 Å². The molecule has 3 aliphatic heterocycles. The van der Waals surface area contributed by atoms with E-state index in [4.69, 9.17) is 4.74 Å². The van der Waals surface area contributed by atoms with Crippen molar-refractivity contribution in [1.29, 1.82) is 0 Å². The van der Waals surface area contributed by atoms with E-state index in [0.717, 1.165) is 64.4 Å². The van der Waals surface area contributed by atoms with Crippen LogP contribution in [0.5, 0.6) is 0 Å². The van der Waals surface area contributed by atoms with Gasteiger partial charge in [0.05, 0.1) is 0 Å². The van der Waals surface area contributed by atoms with Crippen molar-refractivity contribution in [3.63, 3.8) is 0 Å². The molecule has 0 bridgehead atoms. The fourth-order valence-electron chi connectivity index (χ4n) is 4.71. The molecule has 0 unspecified atom stereocenters. The summed E-state index contributed by atoms with van der Waals surface area (Å²) in [7, 11) is 0. The molecule has 3 saturated heterocycles. The topological polar surface area (TPSA) is 32.8 Å². The van der Waals surface area contributed by atoms with Gasteiger partial charge >= 0.3 is 0 Å². The summed E-state index contributed by atoms with van der Waals surface area (Å²) < 4.78 is 19.3. The number of carbonyl (C=O) groups is 1. The van der Waals surface area contributed by atoms with Crippen LogP contribution in [-0.2, 0) is 4.74 Å². The number of benzene rings is 1. The molecule has 1 aromatic rings. The van der Waals surface area contributed by atoms with Gasteiger partial charge in [0.15, 0.2) is 0 Å². The third-order valence-corrected chi connectivity index (χ3v) is 6.20. The Balaban J connectivity index is 1.42. The van der Waals surface area contributed by atoms with Gasteiger partial charge in [-0.15, -0.1) is 0 Å². The number of hydrogen-bond acceptors (Lipinski definition) is 3. The van der Waals surface area contributed by atoms with Crippen molar-refractivity contribution >= 4 is 5.91 Å². The van der Waals surface area contributed by atoms with Crippen molar-refractivity contribution in [2.45, 2.75) is 44.7 Å². The van der Waals surface area contributed by atoms with E-state index in [2.05, 4.69) is 4.90 Å². The van der Waals surface area contributed by atoms with Gasteiger partial charge in [0.2, 0.25) is 0 Å². The molecular weight excluding hydrogens is 319 g/mol. The lowest BCUT2D eigenvalue weighted by Crippen LogP contribution is -2.41. The molecule has 0 saturated carbocycles. The molecule has 4 rings (SSSR count). The van der Waals surface area contributed by atoms with Crippen LogP contribution in [-0.4, -0.2) is 60.6 Å². The van der Waals surface area contributed by atoms with Gasteiger partial charge in [-0.05, 0) is 56.2 Å². The number of fused-ring (bicyclic) bond motifs is 1. The molecule has 1 aromatic carbocycles. The van der Waals surface area contributed by atoms with Crippen LogP contribution >= 0.6 is 0 Å². The molecule has 0 N–H and O–H groups in total. The first-order valence-electron chi connectivity index (χ1n) is 9.52. The zero-order valence-corrected chi connectivity index (χ0v) is 14.9. The second kappa shape index (κ2) is 7.04. The summed E-state index contributed by atoms with van der Waals surface area (Å²) >= 11 is 0. The number of rotatable bonds is 3. The highest BCUT2D eigenvalue weighted by molar-refractivity contribution is 5.94. The first kappa shape index (κ1) is 17.0. The van der Waals surface area contributed by atoms with Crippen molar-refractivity contribution in [2.24, 2.45) is 5.92 Å². The summed E-state index contributed by atoms with van der Waals surface area (Å²) in [6, 6.07) is 5.60. The molecule has 1 amide bonds. The second-order valence-electron chi connectivity index (χ2n) is 7.73. The number of amides is 1. The van der Waals surface area contributed by atoms with Gasteiger partial charge in [-0.25, -0.2) is 4.39 Å². The fourth-order valence-corrected chi connectivity index (χ4v) is 4.71. The molecular formula is C20H27FN2O2. The summed E-state index contributed by atoms with van der Waals surface area (Å²) in [6.07, 6.45) is 4.38. The predicted octanol–water partition coefficient (Wildman–Crippen LogP) is 2.85. The minimum absolute atomic E-state index is 0.0145. The molecule has 0 aliphatic carbocycles. The van der Waals surface area contributed by atoms with E-state index in [1.807, 2.05) is 4.90 Å². The minimum atomic E-state index is -0.297. The van der Waals surface area contributed by atoms with E-state index in [1.165, 1.54) is 6.07 Å². The van der Waals surface area contributed by atoms with Crippen molar-refractivity contribution in [2.75, 3.05) is 32.8 Å². The third-order valence-electron chi connectivity index (χ3n) is 6.20. The quantitative estimate of drug-likeness (QED) is 0.844. The maximum absolute atomic E-state index is 13.8. The van der Waals surface area contributed by atoms with Crippen LogP contribution in [0.25, 0.3) is 0 Å². The predicted molar refractivity (Wildman–Crippen MR) is 94.1 cm³/mol. The van der Waals surface area contributed by atoms with Crippen LogP contribution in [0.2, 0.25) is 0 Å². The molecule has 2 atom stereocenters. The molecule has 3 heterocycles. The summed E-state index contributed by atoms with van der Waals surface area (Å²) in [4.78, 5) is 17.4. The largest absolute Gasteiger partial charge is 0.381 e. The first-order chi connectivity index (χ1) is 12.1. The Kier molecular flexibility index (Phi) is 4.78. The molecule has 25 heavy (non-hydrogen) atoms. The average Bonchev–Trinajstić information content (AvgIpc) is 3.21. The number of hydrogen-bond donors (Lipinski definition) is 0. The van der Waals surface area contributed by atoms with E-state index in [9.17, 15) is 9.18 Å². The van der Waals surface area contributed by atoms with Crippen molar-refractivity contribution in [3.8, 4) is 0 Å². The summed E-state index contributed by atoms with van der Waals surface area (Å²) in [6.45, 7) is 6.48. The van der Waals surface area contributed by atoms with Gasteiger partial charge in [-0.2, -0.15) is 0 Å². The molecule has 3 fully saturated rings. The Labute approximate surface area is 148 Å². The van der Waals surface area contributed by atoms with Crippen molar-refractivity contribution in [3.05, 3.63) is 35.1 Å². The maximum atomic E-state index is 13.8. The first-order valence-corrected chi connectivity index (χ1v) is 9.52. The van der Waals surface area contributed by atoms with Gasteiger partial charge in [0.25, 0.3) is 5.91 Å². The van der Waals surface area contributed by atoms with E-state index < -0.39 is 0 Å². The van der Waals surface area contributed by atoms with Crippen LogP contribution in [0.4, 0.5) is 4.39 Å². The number of aryl methyl sites for hydroxylation is 1. The molecule has 0 radical (unpaired) electrons. The molecule has 136 valence electrons. The lowest BCUT2D eigenvalue weighted by Gasteiger charge is -2.30. The standard InChI is InChI=1S/C20H27FN2O2/c1-14-2-3-16(12-17(14)21)20(24)23-9-5-18-19(23)4-8-22(18)13-15-6-10-25-11-7-15/h2-3,12,15,18-19H,4-11,13H2,1H3/t18-,19+/m0/s1. The van der Waals surface area contributed by atoms with Gasteiger partial charge in [0.1, 0.15) is 5.82 Å². The number of carbonyl (C=O) groups excluding carboxylic acids is 1. The Morgan fingerprint density at radius 1 is 1.16 bits per heavy atom. The third kappa shape index (κ3) is 3.32. The number of nitrogens with zero attached hydrogens (tertiary/aromatic N) is 2. The van der Waals surface area contributed by atoms with Gasteiger partial charge in [-0.3, -0.25) is 9.69 Å². The van der Waals surface area contributed by atoms with Crippen LogP contribution in [0.15, 0.2) is 18.2 Å². The zero-order valence-electron chi connectivity index (χ0n) is 14.9.